The zero-order valence-electron chi connectivity index (χ0n) is 36.0. The first-order chi connectivity index (χ1) is 31.6. The number of hydrogen-bond donors (Lipinski definition) is 4. The molecule has 65 heavy (non-hydrogen) atoms. The van der Waals surface area contributed by atoms with Crippen LogP contribution in [0.2, 0.25) is 0 Å². The molecule has 8 aromatic rings. The molecule has 0 bridgehead atoms. The molecular weight excluding hydrogens is 841 g/mol. The highest BCUT2D eigenvalue weighted by atomic mass is 32.2. The predicted octanol–water partition coefficient (Wildman–Crippen LogP) is 12.7. The third-order valence-corrected chi connectivity index (χ3v) is 11.1. The summed E-state index contributed by atoms with van der Waals surface area (Å²) in [5, 5.41) is 0. The van der Waals surface area contributed by atoms with Gasteiger partial charge < -0.3 is 60.8 Å². The number of methoxy groups -OCH3 is 4. The van der Waals surface area contributed by atoms with E-state index in [0.29, 0.717) is 103 Å². The molecule has 0 radical (unpaired) electrons. The van der Waals surface area contributed by atoms with Crippen molar-refractivity contribution in [1.82, 2.24) is 0 Å². The van der Waals surface area contributed by atoms with Gasteiger partial charge in [0.25, 0.3) is 0 Å². The van der Waals surface area contributed by atoms with Crippen LogP contribution in [-0.4, -0.2) is 28.4 Å². The van der Waals surface area contributed by atoms with Gasteiger partial charge in [-0.15, -0.1) is 0 Å². The minimum atomic E-state index is 0.345. The quantitative estimate of drug-likeness (QED) is 0.0674. The number of anilines is 4. The molecule has 0 unspecified atom stereocenters. The molecule has 0 spiro atoms. The Balaban J connectivity index is 1.31. The van der Waals surface area contributed by atoms with Crippen LogP contribution in [0.5, 0.6) is 69.0 Å². The van der Waals surface area contributed by atoms with Crippen LogP contribution in [0.4, 0.5) is 22.7 Å². The van der Waals surface area contributed by atoms with Gasteiger partial charge in [-0.3, -0.25) is 0 Å². The standard InChI is InChI=1S/C52H46N4O8S/c1-57-43-29-45(47(51(59-3)49(43)63-41-15-7-11-35(55)27-41)31-17-21-37(22-18-31)61-39-13-5-9-33(53)25-39)65-46-30-44(58-2)50(64-42-16-8-12-36(56)28-42)52(60-4)48(46)32-19-23-38(24-20-32)62-40-14-6-10-34(54)26-40/h5-30H,53-56H2,1-4H3. The Morgan fingerprint density at radius 1 is 0.323 bits per heavy atom. The van der Waals surface area contributed by atoms with E-state index in [-0.39, 0.29) is 0 Å². The van der Waals surface area contributed by atoms with E-state index >= 15 is 0 Å². The van der Waals surface area contributed by atoms with E-state index in [1.807, 2.05) is 109 Å². The number of ether oxygens (including phenoxy) is 8. The fourth-order valence-corrected chi connectivity index (χ4v) is 8.29. The highest BCUT2D eigenvalue weighted by Crippen LogP contribution is 2.57. The van der Waals surface area contributed by atoms with Crippen LogP contribution in [0.3, 0.4) is 0 Å². The van der Waals surface area contributed by atoms with Crippen LogP contribution in [0, 0.1) is 0 Å². The van der Waals surface area contributed by atoms with Gasteiger partial charge in [-0.05, 0) is 96.1 Å². The molecule has 0 aliphatic heterocycles. The summed E-state index contributed by atoms with van der Waals surface area (Å²) in [7, 11) is 6.32. The largest absolute Gasteiger partial charge is 0.493 e. The van der Waals surface area contributed by atoms with Crippen molar-refractivity contribution in [3.8, 4) is 91.2 Å². The summed E-state index contributed by atoms with van der Waals surface area (Å²) in [5.41, 5.74) is 29.6. The van der Waals surface area contributed by atoms with Crippen molar-refractivity contribution in [3.05, 3.63) is 158 Å². The Bertz CT molecular complexity index is 2760. The topological polar surface area (TPSA) is 178 Å². The minimum Gasteiger partial charge on any atom is -0.493 e. The third kappa shape index (κ3) is 9.85. The maximum atomic E-state index is 6.53. The lowest BCUT2D eigenvalue weighted by Gasteiger charge is -2.23. The first-order valence-electron chi connectivity index (χ1n) is 20.2. The fourth-order valence-electron chi connectivity index (χ4n) is 7.10. The molecule has 0 aromatic heterocycles. The number of rotatable bonds is 16. The Hall–Kier alpha value is -8.29. The normalized spacial score (nSPS) is 10.8. The first kappa shape index (κ1) is 43.4. The summed E-state index contributed by atoms with van der Waals surface area (Å²) in [6.07, 6.45) is 0. The van der Waals surface area contributed by atoms with E-state index in [4.69, 9.17) is 60.8 Å². The van der Waals surface area contributed by atoms with Crippen molar-refractivity contribution in [2.24, 2.45) is 0 Å². The number of nitrogen functional groups attached to an aromatic ring is 4. The van der Waals surface area contributed by atoms with Gasteiger partial charge >= 0.3 is 0 Å². The maximum absolute atomic E-state index is 6.53. The monoisotopic (exact) mass is 886 g/mol. The van der Waals surface area contributed by atoms with Crippen LogP contribution in [-0.2, 0) is 0 Å². The van der Waals surface area contributed by atoms with Gasteiger partial charge in [0.05, 0.1) is 28.4 Å². The van der Waals surface area contributed by atoms with Gasteiger partial charge in [-0.1, -0.05) is 60.3 Å². The number of benzene rings is 8. The maximum Gasteiger partial charge on any atom is 0.211 e. The van der Waals surface area contributed by atoms with E-state index in [2.05, 4.69) is 0 Å². The molecule has 8 aromatic carbocycles. The van der Waals surface area contributed by atoms with Crippen LogP contribution in [0.15, 0.2) is 168 Å². The van der Waals surface area contributed by atoms with Gasteiger partial charge in [-0.25, -0.2) is 0 Å². The van der Waals surface area contributed by atoms with Crippen molar-refractivity contribution in [3.63, 3.8) is 0 Å². The summed E-state index contributed by atoms with van der Waals surface area (Å²) in [6, 6.07) is 47.9. The molecular formula is C52H46N4O8S. The van der Waals surface area contributed by atoms with E-state index in [1.54, 1.807) is 77.0 Å². The lowest BCUT2D eigenvalue weighted by atomic mass is 10.0. The second-order valence-corrected chi connectivity index (χ2v) is 15.6. The molecule has 328 valence electrons. The Morgan fingerprint density at radius 2 is 0.646 bits per heavy atom. The van der Waals surface area contributed by atoms with Gasteiger partial charge in [-0.2, -0.15) is 0 Å². The molecule has 13 heteroatoms. The second-order valence-electron chi connectivity index (χ2n) is 14.5. The third-order valence-electron chi connectivity index (χ3n) is 10.0. The van der Waals surface area contributed by atoms with Crippen molar-refractivity contribution in [2.75, 3.05) is 51.4 Å². The van der Waals surface area contributed by atoms with Crippen molar-refractivity contribution in [2.45, 2.75) is 9.79 Å². The first-order valence-corrected chi connectivity index (χ1v) is 21.0. The molecule has 12 nitrogen and oxygen atoms in total. The summed E-state index contributed by atoms with van der Waals surface area (Å²) in [6.45, 7) is 0. The lowest BCUT2D eigenvalue weighted by molar-refractivity contribution is 0.345. The van der Waals surface area contributed by atoms with Gasteiger partial charge in [0.2, 0.25) is 11.5 Å². The zero-order valence-corrected chi connectivity index (χ0v) is 36.8. The lowest BCUT2D eigenvalue weighted by Crippen LogP contribution is -2.01. The number of nitrogens with two attached hydrogens (primary N) is 4. The van der Waals surface area contributed by atoms with Gasteiger partial charge in [0, 0.05) is 67.9 Å². The molecule has 0 amide bonds. The Labute approximate surface area is 381 Å². The summed E-state index contributed by atoms with van der Waals surface area (Å²) in [5.74, 6) is 5.73. The SMILES string of the molecule is COc1cc(Sc2cc(OC)c(Oc3cccc(N)c3)c(OC)c2-c2ccc(Oc3cccc(N)c3)cc2)c(-c2ccc(Oc3cccc(N)c3)cc2)c(OC)c1Oc1cccc(N)c1. The van der Waals surface area contributed by atoms with Crippen LogP contribution in [0.25, 0.3) is 22.3 Å². The smallest absolute Gasteiger partial charge is 0.211 e. The predicted molar refractivity (Wildman–Crippen MR) is 258 cm³/mol. The van der Waals surface area contributed by atoms with Crippen molar-refractivity contribution in [1.29, 1.82) is 0 Å². The summed E-state index contributed by atoms with van der Waals surface area (Å²) in [4.78, 5) is 1.47. The highest BCUT2D eigenvalue weighted by molar-refractivity contribution is 7.99. The van der Waals surface area contributed by atoms with Gasteiger partial charge in [0.15, 0.2) is 23.0 Å². The molecule has 0 saturated carbocycles. The molecule has 0 aliphatic carbocycles. The fraction of sp³-hybridized carbons (Fsp3) is 0.0769. The van der Waals surface area contributed by atoms with E-state index in [1.165, 1.54) is 11.8 Å². The molecule has 0 saturated heterocycles. The molecule has 0 fully saturated rings. The van der Waals surface area contributed by atoms with Crippen LogP contribution < -0.4 is 60.8 Å². The van der Waals surface area contributed by atoms with E-state index < -0.39 is 0 Å². The Kier molecular flexibility index (Phi) is 12.9. The molecule has 8 rings (SSSR count). The molecule has 0 heterocycles. The van der Waals surface area contributed by atoms with Crippen LogP contribution >= 0.6 is 11.8 Å². The van der Waals surface area contributed by atoms with Crippen molar-refractivity contribution < 1.29 is 37.9 Å². The molecule has 8 N–H and O–H groups in total. The Morgan fingerprint density at radius 3 is 0.938 bits per heavy atom. The number of hydrogen-bond acceptors (Lipinski definition) is 13. The van der Waals surface area contributed by atoms with Crippen LogP contribution in [0.1, 0.15) is 0 Å². The average molecular weight is 887 g/mol. The second kappa shape index (κ2) is 19.4. The van der Waals surface area contributed by atoms with E-state index in [0.717, 1.165) is 20.9 Å². The average Bonchev–Trinajstić information content (AvgIpc) is 3.30. The highest BCUT2D eigenvalue weighted by Gasteiger charge is 2.28. The van der Waals surface area contributed by atoms with Gasteiger partial charge in [0.1, 0.15) is 34.5 Å². The summed E-state index contributed by atoms with van der Waals surface area (Å²) < 4.78 is 50.0. The molecule has 0 aliphatic rings. The minimum absolute atomic E-state index is 0.345. The van der Waals surface area contributed by atoms with E-state index in [9.17, 15) is 0 Å². The summed E-state index contributed by atoms with van der Waals surface area (Å²) >= 11 is 1.44. The molecule has 0 atom stereocenters. The zero-order chi connectivity index (χ0) is 45.5. The van der Waals surface area contributed by atoms with Crippen molar-refractivity contribution >= 4 is 34.5 Å².